The van der Waals surface area contributed by atoms with Crippen LogP contribution >= 0.6 is 0 Å². The van der Waals surface area contributed by atoms with Crippen molar-refractivity contribution in [3.63, 3.8) is 0 Å². The highest BCUT2D eigenvalue weighted by atomic mass is 19.1. The van der Waals surface area contributed by atoms with E-state index in [0.29, 0.717) is 38.4 Å². The summed E-state index contributed by atoms with van der Waals surface area (Å²) in [6.07, 6.45) is 8.24. The molecular formula is C22H27FN6O2. The number of amides is 2. The summed E-state index contributed by atoms with van der Waals surface area (Å²) in [5.74, 6) is 0.0976. The maximum absolute atomic E-state index is 14.4. The summed E-state index contributed by atoms with van der Waals surface area (Å²) < 4.78 is 16.2. The lowest BCUT2D eigenvalue weighted by Crippen LogP contribution is -2.68. The second kappa shape index (κ2) is 8.28. The van der Waals surface area contributed by atoms with Gasteiger partial charge in [0.25, 0.3) is 0 Å². The molecule has 4 atom stereocenters. The molecule has 3 saturated heterocycles. The van der Waals surface area contributed by atoms with Gasteiger partial charge >= 0.3 is 0 Å². The van der Waals surface area contributed by atoms with Crippen LogP contribution in [0.2, 0.25) is 0 Å². The van der Waals surface area contributed by atoms with E-state index in [9.17, 15) is 14.0 Å². The lowest BCUT2D eigenvalue weighted by atomic mass is 9.71. The highest BCUT2D eigenvalue weighted by Gasteiger charge is 2.52. The largest absolute Gasteiger partial charge is 0.353 e. The zero-order valence-electron chi connectivity index (χ0n) is 17.4. The van der Waals surface area contributed by atoms with Crippen molar-refractivity contribution in [2.75, 3.05) is 24.5 Å². The van der Waals surface area contributed by atoms with Gasteiger partial charge in [-0.2, -0.15) is 5.10 Å². The topological polar surface area (TPSA) is 83.4 Å². The number of hydrogen-bond acceptors (Lipinski definition) is 5. The Morgan fingerprint density at radius 3 is 2.90 bits per heavy atom. The number of carbonyl (C=O) groups is 2. The summed E-state index contributed by atoms with van der Waals surface area (Å²) in [6.45, 7) is 2.19. The average molecular weight is 426 g/mol. The van der Waals surface area contributed by atoms with Gasteiger partial charge in [-0.1, -0.05) is 0 Å². The quantitative estimate of drug-likeness (QED) is 0.782. The van der Waals surface area contributed by atoms with Crippen molar-refractivity contribution in [1.82, 2.24) is 25.0 Å². The number of nitrogens with one attached hydrogen (secondary N) is 1. The first-order valence-electron chi connectivity index (χ1n) is 11.0. The zero-order chi connectivity index (χ0) is 21.4. The van der Waals surface area contributed by atoms with Crippen molar-refractivity contribution in [3.8, 4) is 0 Å². The minimum absolute atomic E-state index is 0.0222. The van der Waals surface area contributed by atoms with Crippen LogP contribution in [-0.2, 0) is 16.1 Å². The number of fused-ring (bicyclic) bond motifs is 4. The van der Waals surface area contributed by atoms with Crippen LogP contribution in [0.25, 0.3) is 0 Å². The van der Waals surface area contributed by atoms with Crippen LogP contribution in [0, 0.1) is 17.7 Å². The molecule has 0 saturated carbocycles. The highest BCUT2D eigenvalue weighted by molar-refractivity contribution is 5.89. The Morgan fingerprint density at radius 2 is 2.10 bits per heavy atom. The second-order valence-corrected chi connectivity index (χ2v) is 8.74. The number of carbonyl (C=O) groups excluding carboxylic acids is 2. The molecule has 5 rings (SSSR count). The first kappa shape index (κ1) is 20.0. The van der Waals surface area contributed by atoms with Crippen molar-refractivity contribution in [2.24, 2.45) is 11.8 Å². The molecule has 0 aromatic carbocycles. The van der Waals surface area contributed by atoms with Gasteiger partial charge in [0.15, 0.2) is 11.6 Å². The minimum Gasteiger partial charge on any atom is -0.353 e. The van der Waals surface area contributed by atoms with E-state index in [2.05, 4.69) is 15.4 Å². The molecule has 3 aliphatic heterocycles. The fourth-order valence-electron chi connectivity index (χ4n) is 5.61. The maximum Gasteiger partial charge on any atom is 0.243 e. The van der Waals surface area contributed by atoms with Crippen molar-refractivity contribution < 1.29 is 14.0 Å². The Kier molecular flexibility index (Phi) is 5.33. The molecule has 2 aromatic heterocycles. The van der Waals surface area contributed by atoms with E-state index >= 15 is 0 Å². The zero-order valence-corrected chi connectivity index (χ0v) is 17.4. The minimum atomic E-state index is -0.527. The molecule has 3 fully saturated rings. The SMILES string of the molecule is O=C(NCCn1cccn1)[C@H]1[C@H]2C[C@H](CN(c3ncccc3F)C2)[C@@H]2CCCC(=O)N21. The van der Waals surface area contributed by atoms with Crippen LogP contribution in [-0.4, -0.2) is 63.2 Å². The monoisotopic (exact) mass is 426 g/mol. The van der Waals surface area contributed by atoms with Crippen LogP contribution in [0.3, 0.4) is 0 Å². The first-order valence-corrected chi connectivity index (χ1v) is 11.0. The van der Waals surface area contributed by atoms with Crippen molar-refractivity contribution in [1.29, 1.82) is 0 Å². The number of halogens is 1. The summed E-state index contributed by atoms with van der Waals surface area (Å²) in [7, 11) is 0. The summed E-state index contributed by atoms with van der Waals surface area (Å²) in [6, 6.07) is 4.34. The van der Waals surface area contributed by atoms with E-state index in [4.69, 9.17) is 0 Å². The third-order valence-electron chi connectivity index (χ3n) is 6.85. The predicted octanol–water partition coefficient (Wildman–Crippen LogP) is 1.44. The number of hydrogen-bond donors (Lipinski definition) is 1. The van der Waals surface area contributed by atoms with Gasteiger partial charge in [-0.25, -0.2) is 9.37 Å². The van der Waals surface area contributed by atoms with E-state index < -0.39 is 6.04 Å². The number of anilines is 1. The summed E-state index contributed by atoms with van der Waals surface area (Å²) in [5.41, 5.74) is 0. The van der Waals surface area contributed by atoms with Crippen molar-refractivity contribution in [2.45, 2.75) is 44.3 Å². The molecule has 0 spiro atoms. The molecule has 8 nitrogen and oxygen atoms in total. The van der Waals surface area contributed by atoms with E-state index in [1.807, 2.05) is 22.1 Å². The molecular weight excluding hydrogens is 399 g/mol. The van der Waals surface area contributed by atoms with Gasteiger partial charge in [0.2, 0.25) is 11.8 Å². The number of rotatable bonds is 5. The molecule has 2 aromatic rings. The number of nitrogens with zero attached hydrogens (tertiary/aromatic N) is 5. The van der Waals surface area contributed by atoms with E-state index in [-0.39, 0.29) is 35.5 Å². The second-order valence-electron chi connectivity index (χ2n) is 8.74. The van der Waals surface area contributed by atoms with E-state index in [0.717, 1.165) is 19.3 Å². The Bertz CT molecular complexity index is 951. The Morgan fingerprint density at radius 1 is 1.23 bits per heavy atom. The summed E-state index contributed by atoms with van der Waals surface area (Å²) in [4.78, 5) is 34.3. The fourth-order valence-corrected chi connectivity index (χ4v) is 5.61. The van der Waals surface area contributed by atoms with Crippen molar-refractivity contribution in [3.05, 3.63) is 42.6 Å². The molecule has 164 valence electrons. The molecule has 0 aliphatic carbocycles. The van der Waals surface area contributed by atoms with Crippen LogP contribution in [0.4, 0.5) is 10.2 Å². The normalized spacial score (nSPS) is 27.7. The smallest absolute Gasteiger partial charge is 0.243 e. The lowest BCUT2D eigenvalue weighted by molar-refractivity contribution is -0.156. The standard InChI is InChI=1S/C22H27FN6O2/c23-17-4-2-7-24-21(17)27-13-15-12-16(14-27)20(29-18(15)5-1-6-19(29)30)22(31)25-9-11-28-10-3-8-26-28/h2-4,7-8,10,15-16,18,20H,1,5-6,9,11-14H2,(H,25,31)/t15-,16+,18+,20-/m1/s1. The van der Waals surface area contributed by atoms with Gasteiger partial charge in [-0.15, -0.1) is 0 Å². The Labute approximate surface area is 180 Å². The van der Waals surface area contributed by atoms with Crippen LogP contribution in [0.5, 0.6) is 0 Å². The maximum atomic E-state index is 14.4. The molecule has 0 unspecified atom stereocenters. The molecule has 5 heterocycles. The molecule has 1 N–H and O–H groups in total. The molecule has 3 aliphatic rings. The Hall–Kier alpha value is -2.97. The van der Waals surface area contributed by atoms with Crippen LogP contribution in [0.15, 0.2) is 36.8 Å². The van der Waals surface area contributed by atoms with Gasteiger partial charge in [-0.05, 0) is 43.4 Å². The fraction of sp³-hybridized carbons (Fsp3) is 0.545. The van der Waals surface area contributed by atoms with Crippen LogP contribution < -0.4 is 10.2 Å². The third-order valence-corrected chi connectivity index (χ3v) is 6.85. The van der Waals surface area contributed by atoms with Gasteiger partial charge in [-0.3, -0.25) is 14.3 Å². The highest BCUT2D eigenvalue weighted by Crippen LogP contribution is 2.42. The number of pyridine rings is 1. The summed E-state index contributed by atoms with van der Waals surface area (Å²) >= 11 is 0. The predicted molar refractivity (Wildman–Crippen MR) is 112 cm³/mol. The van der Waals surface area contributed by atoms with E-state index in [1.165, 1.54) is 6.07 Å². The van der Waals surface area contributed by atoms with Gasteiger partial charge in [0.1, 0.15) is 6.04 Å². The number of piperidine rings is 3. The lowest BCUT2D eigenvalue weighted by Gasteiger charge is -2.56. The summed E-state index contributed by atoms with van der Waals surface area (Å²) in [5, 5.41) is 7.17. The molecule has 2 bridgehead atoms. The molecule has 0 radical (unpaired) electrons. The Balaban J connectivity index is 1.37. The number of aromatic nitrogens is 3. The molecule has 9 heteroatoms. The van der Waals surface area contributed by atoms with Gasteiger partial charge in [0.05, 0.1) is 6.54 Å². The molecule has 2 amide bonds. The average Bonchev–Trinajstić information content (AvgIpc) is 3.28. The third kappa shape index (κ3) is 3.77. The van der Waals surface area contributed by atoms with Crippen molar-refractivity contribution >= 4 is 17.6 Å². The van der Waals surface area contributed by atoms with Crippen LogP contribution in [0.1, 0.15) is 25.7 Å². The molecule has 31 heavy (non-hydrogen) atoms. The first-order chi connectivity index (χ1) is 15.1. The van der Waals surface area contributed by atoms with Gasteiger partial charge < -0.3 is 15.1 Å². The van der Waals surface area contributed by atoms with E-state index in [1.54, 1.807) is 23.1 Å². The van der Waals surface area contributed by atoms with Gasteiger partial charge in [0, 0.05) is 56.6 Å².